The van der Waals surface area contributed by atoms with E-state index in [2.05, 4.69) is 140 Å². The second-order valence-electron chi connectivity index (χ2n) is 20.1. The van der Waals surface area contributed by atoms with Crippen LogP contribution in [0.3, 0.4) is 0 Å². The lowest BCUT2D eigenvalue weighted by molar-refractivity contribution is 0.401. The van der Waals surface area contributed by atoms with Crippen LogP contribution in [0.2, 0.25) is 0 Å². The van der Waals surface area contributed by atoms with Gasteiger partial charge in [-0.05, 0) is 133 Å². The van der Waals surface area contributed by atoms with Crippen LogP contribution in [0.25, 0.3) is 44.3 Å². The number of unbranched alkanes of at least 4 members (excludes halogenated alkanes) is 18. The molecule has 0 saturated heterocycles. The molecule has 2 nitrogen and oxygen atoms in total. The first-order valence-electron chi connectivity index (χ1n) is 26.4. The van der Waals surface area contributed by atoms with Crippen molar-refractivity contribution in [2.24, 2.45) is 11.8 Å². The highest BCUT2D eigenvalue weighted by Crippen LogP contribution is 2.41. The Balaban J connectivity index is 0.903. The summed E-state index contributed by atoms with van der Waals surface area (Å²) in [6.45, 7) is 4.62. The van der Waals surface area contributed by atoms with E-state index in [1.54, 1.807) is 11.1 Å². The maximum atomic E-state index is 3.83. The van der Waals surface area contributed by atoms with Crippen LogP contribution in [0, 0.1) is 11.8 Å². The summed E-state index contributed by atoms with van der Waals surface area (Å²) in [5.41, 5.74) is 14.1. The number of halogens is 2. The Morgan fingerprint density at radius 2 is 0.766 bits per heavy atom. The van der Waals surface area contributed by atoms with Gasteiger partial charge in [0.2, 0.25) is 0 Å². The molecule has 2 aliphatic carbocycles. The van der Waals surface area contributed by atoms with Gasteiger partial charge < -0.3 is 9.13 Å². The summed E-state index contributed by atoms with van der Waals surface area (Å²) in [4.78, 5) is 0. The number of nitrogens with zero attached hydrogens (tertiary/aromatic N) is 2. The molecular weight excluding hydrogens is 908 g/mol. The van der Waals surface area contributed by atoms with Crippen LogP contribution in [0.4, 0.5) is 0 Å². The van der Waals surface area contributed by atoms with Crippen molar-refractivity contribution in [3.8, 4) is 22.5 Å². The van der Waals surface area contributed by atoms with E-state index in [9.17, 15) is 0 Å². The minimum absolute atomic E-state index is 0.804. The van der Waals surface area contributed by atoms with Crippen LogP contribution in [0.5, 0.6) is 0 Å². The fourth-order valence-corrected chi connectivity index (χ4v) is 12.5. The fraction of sp³-hybridized carbons (Fsp3) is 0.533. The molecule has 4 aromatic carbocycles. The van der Waals surface area contributed by atoms with Crippen LogP contribution in [0.1, 0.15) is 190 Å². The molecule has 2 unspecified atom stereocenters. The summed E-state index contributed by atoms with van der Waals surface area (Å²) in [6.07, 6.45) is 38.4. The third kappa shape index (κ3) is 11.9. The van der Waals surface area contributed by atoms with Gasteiger partial charge in [0.1, 0.15) is 0 Å². The van der Waals surface area contributed by atoms with E-state index in [1.807, 2.05) is 0 Å². The van der Waals surface area contributed by atoms with Crippen LogP contribution in [-0.4, -0.2) is 9.13 Å². The quantitative estimate of drug-likeness (QED) is 0.0506. The molecule has 0 aliphatic heterocycles. The zero-order valence-electron chi connectivity index (χ0n) is 39.7. The fourth-order valence-electron chi connectivity index (χ4n) is 11.7. The van der Waals surface area contributed by atoms with Crippen molar-refractivity contribution in [1.29, 1.82) is 0 Å². The van der Waals surface area contributed by atoms with Crippen LogP contribution in [-0.2, 0) is 25.7 Å². The van der Waals surface area contributed by atoms with Gasteiger partial charge in [-0.15, -0.1) is 0 Å². The average Bonchev–Trinajstić information content (AvgIpc) is 3.81. The van der Waals surface area contributed by atoms with Crippen LogP contribution < -0.4 is 0 Å². The van der Waals surface area contributed by atoms with Crippen LogP contribution >= 0.6 is 31.9 Å². The molecule has 0 fully saturated rings. The molecule has 4 heteroatoms. The molecule has 0 radical (unpaired) electrons. The molecule has 8 rings (SSSR count). The van der Waals surface area contributed by atoms with Gasteiger partial charge in [-0.2, -0.15) is 0 Å². The summed E-state index contributed by atoms with van der Waals surface area (Å²) in [5, 5.41) is 2.88. The zero-order chi connectivity index (χ0) is 44.1. The van der Waals surface area contributed by atoms with Crippen molar-refractivity contribution in [3.63, 3.8) is 0 Å². The Bertz CT molecular complexity index is 2190. The highest BCUT2D eigenvalue weighted by atomic mass is 79.9. The number of aromatic nitrogens is 2. The maximum absolute atomic E-state index is 3.83. The standard InChI is InChI=1S/C60H78Br2N2/c1-3-5-7-9-11-13-15-17-19-21-23-45-25-37-57-53(41-45)55-43-49(61)31-39-59(55)63(57)51-33-27-47(28-34-51)48-29-35-52(36-30-48)64-58-38-26-46(24-22-20-18-16-14-12-10-8-6-4-2)42-54(58)56-44-50(62)32-40-60(56)64/h27-36,39-40,43-46H,3-26,37-38,41-42H2,1-2H3. The van der Waals surface area contributed by atoms with E-state index in [4.69, 9.17) is 0 Å². The minimum atomic E-state index is 0.804. The second-order valence-corrected chi connectivity index (χ2v) is 21.9. The first-order valence-corrected chi connectivity index (χ1v) is 28.0. The van der Waals surface area contributed by atoms with Crippen molar-refractivity contribution < 1.29 is 0 Å². The van der Waals surface area contributed by atoms with E-state index in [0.29, 0.717) is 0 Å². The summed E-state index contributed by atoms with van der Waals surface area (Å²) in [6, 6.07) is 32.7. The third-order valence-corrected chi connectivity index (χ3v) is 16.4. The number of hydrogen-bond acceptors (Lipinski definition) is 0. The predicted octanol–water partition coefficient (Wildman–Crippen LogP) is 19.6. The lowest BCUT2D eigenvalue weighted by atomic mass is 9.83. The van der Waals surface area contributed by atoms with Gasteiger partial charge in [-0.3, -0.25) is 0 Å². The zero-order valence-corrected chi connectivity index (χ0v) is 42.9. The molecule has 2 aromatic heterocycles. The molecule has 64 heavy (non-hydrogen) atoms. The third-order valence-electron chi connectivity index (χ3n) is 15.4. The molecule has 342 valence electrons. The number of benzene rings is 4. The van der Waals surface area contributed by atoms with Crippen molar-refractivity contribution in [3.05, 3.63) is 116 Å². The van der Waals surface area contributed by atoms with Crippen molar-refractivity contribution >= 4 is 53.7 Å². The van der Waals surface area contributed by atoms with Gasteiger partial charge in [-0.1, -0.05) is 211 Å². The summed E-state index contributed by atoms with van der Waals surface area (Å²) in [5.74, 6) is 1.61. The first-order chi connectivity index (χ1) is 31.5. The SMILES string of the molecule is CCCCCCCCCCCCC1CCc2c(c3cc(Br)ccc3n2-c2ccc(-c3ccc(-n4c5c(c6cc(Br)ccc64)CC(CCCCCCCCCCCC)CC5)cc3)cc2)C1. The summed E-state index contributed by atoms with van der Waals surface area (Å²) < 4.78 is 7.53. The molecule has 0 bridgehead atoms. The van der Waals surface area contributed by atoms with Crippen molar-refractivity contribution in [2.75, 3.05) is 0 Å². The van der Waals surface area contributed by atoms with Crippen molar-refractivity contribution in [2.45, 2.75) is 194 Å². The van der Waals surface area contributed by atoms with Crippen LogP contribution in [0.15, 0.2) is 93.9 Å². The smallest absolute Gasteiger partial charge is 0.0535 e. The Morgan fingerprint density at radius 1 is 0.422 bits per heavy atom. The van der Waals surface area contributed by atoms with Gasteiger partial charge >= 0.3 is 0 Å². The molecule has 0 saturated carbocycles. The molecule has 0 amide bonds. The summed E-state index contributed by atoms with van der Waals surface area (Å²) >= 11 is 7.65. The first kappa shape index (κ1) is 47.4. The largest absolute Gasteiger partial charge is 0.313 e. The van der Waals surface area contributed by atoms with E-state index in [-0.39, 0.29) is 0 Å². The molecule has 0 spiro atoms. The minimum Gasteiger partial charge on any atom is -0.313 e. The highest BCUT2D eigenvalue weighted by Gasteiger charge is 2.28. The average molecular weight is 987 g/mol. The Morgan fingerprint density at radius 3 is 1.12 bits per heavy atom. The molecular formula is C60H78Br2N2. The molecule has 2 atom stereocenters. The molecule has 2 aliphatic rings. The number of hydrogen-bond donors (Lipinski definition) is 0. The Labute approximate surface area is 404 Å². The Hall–Kier alpha value is -3.08. The van der Waals surface area contributed by atoms with Crippen molar-refractivity contribution in [1.82, 2.24) is 9.13 Å². The predicted molar refractivity (Wildman–Crippen MR) is 285 cm³/mol. The van der Waals surface area contributed by atoms with Gasteiger partial charge in [-0.25, -0.2) is 0 Å². The Kier molecular flexibility index (Phi) is 17.8. The topological polar surface area (TPSA) is 9.86 Å². The van der Waals surface area contributed by atoms with Gasteiger partial charge in [0.25, 0.3) is 0 Å². The lowest BCUT2D eigenvalue weighted by Crippen LogP contribution is -2.16. The molecule has 0 N–H and O–H groups in total. The second kappa shape index (κ2) is 24.1. The monoisotopic (exact) mass is 984 g/mol. The lowest BCUT2D eigenvalue weighted by Gasteiger charge is -2.24. The van der Waals surface area contributed by atoms with Gasteiger partial charge in [0, 0.05) is 42.5 Å². The van der Waals surface area contributed by atoms with Gasteiger partial charge in [0.05, 0.1) is 11.0 Å². The highest BCUT2D eigenvalue weighted by molar-refractivity contribution is 9.10. The maximum Gasteiger partial charge on any atom is 0.0535 e. The normalized spacial score (nSPS) is 16.2. The van der Waals surface area contributed by atoms with Gasteiger partial charge in [0.15, 0.2) is 0 Å². The molecule has 6 aromatic rings. The summed E-state index contributed by atoms with van der Waals surface area (Å²) in [7, 11) is 0. The van der Waals surface area contributed by atoms with E-state index in [0.717, 1.165) is 11.8 Å². The van der Waals surface area contributed by atoms with E-state index >= 15 is 0 Å². The number of rotatable bonds is 25. The van der Waals surface area contributed by atoms with E-state index < -0.39 is 0 Å². The molecule has 2 heterocycles. The number of fused-ring (bicyclic) bond motifs is 6. The van der Waals surface area contributed by atoms with E-state index in [1.165, 1.54) is 244 Å².